The molecule has 0 aliphatic rings. The minimum Gasteiger partial charge on any atom is -0.429 e. The van der Waals surface area contributed by atoms with Gasteiger partial charge in [0.2, 0.25) is 0 Å². The van der Waals surface area contributed by atoms with Crippen LogP contribution in [0.4, 0.5) is 18.9 Å². The number of alkyl halides is 3. The zero-order valence-corrected chi connectivity index (χ0v) is 16.1. The molecule has 2 aromatic rings. The van der Waals surface area contributed by atoms with E-state index in [0.717, 1.165) is 17.6 Å². The van der Waals surface area contributed by atoms with Gasteiger partial charge < -0.3 is 9.64 Å². The van der Waals surface area contributed by atoms with Crippen molar-refractivity contribution in [2.45, 2.75) is 39.8 Å². The number of hydrogen-bond donors (Lipinski definition) is 0. The van der Waals surface area contributed by atoms with Gasteiger partial charge in [-0.25, -0.2) is 0 Å². The van der Waals surface area contributed by atoms with Gasteiger partial charge in [0.15, 0.2) is 0 Å². The minimum atomic E-state index is -4.56. The number of anilines is 1. The Morgan fingerprint density at radius 1 is 1.35 bits per heavy atom. The Bertz CT molecular complexity index is 787. The fourth-order valence-corrected chi connectivity index (χ4v) is 2.90. The molecule has 0 unspecified atom stereocenters. The van der Waals surface area contributed by atoms with Gasteiger partial charge in [-0.15, -0.1) is 0 Å². The maximum absolute atomic E-state index is 13.5. The summed E-state index contributed by atoms with van der Waals surface area (Å²) < 4.78 is 50.2. The number of benzene rings is 1. The van der Waals surface area contributed by atoms with Crippen LogP contribution in [-0.4, -0.2) is 29.3 Å². The Labute approximate surface area is 154 Å². The van der Waals surface area contributed by atoms with E-state index >= 15 is 0 Å². The van der Waals surface area contributed by atoms with Crippen molar-refractivity contribution in [3.8, 4) is 10.9 Å². The number of hydrogen-bond acceptors (Lipinski definition) is 5. The molecule has 1 aromatic carbocycles. The summed E-state index contributed by atoms with van der Waals surface area (Å²) in [4.78, 5) is 9.76. The van der Waals surface area contributed by atoms with E-state index in [4.69, 9.17) is 4.74 Å². The fourth-order valence-electron chi connectivity index (χ4n) is 2.21. The van der Waals surface area contributed by atoms with Crippen LogP contribution in [-0.2, 0) is 6.18 Å². The molecule has 0 aliphatic carbocycles. The van der Waals surface area contributed by atoms with E-state index in [0.29, 0.717) is 23.6 Å². The summed E-state index contributed by atoms with van der Waals surface area (Å²) in [6.45, 7) is 7.92. The largest absolute Gasteiger partial charge is 0.429 e. The van der Waals surface area contributed by atoms with Gasteiger partial charge in [0, 0.05) is 36.7 Å². The Morgan fingerprint density at radius 2 is 2.04 bits per heavy atom. The first-order valence-corrected chi connectivity index (χ1v) is 8.86. The molecule has 26 heavy (non-hydrogen) atoms. The van der Waals surface area contributed by atoms with Crippen LogP contribution in [0.5, 0.6) is 10.9 Å². The van der Waals surface area contributed by atoms with Gasteiger partial charge in [-0.1, -0.05) is 13.8 Å². The molecular formula is C17H21F3N4OS. The second kappa shape index (κ2) is 8.03. The molecule has 0 aliphatic heterocycles. The van der Waals surface area contributed by atoms with Crippen LogP contribution < -0.4 is 9.64 Å². The number of ether oxygens (including phenoxy) is 1. The molecule has 0 amide bonds. The molecule has 0 saturated carbocycles. The molecule has 0 bridgehead atoms. The van der Waals surface area contributed by atoms with Gasteiger partial charge in [-0.3, -0.25) is 4.99 Å². The van der Waals surface area contributed by atoms with Gasteiger partial charge in [-0.05, 0) is 31.5 Å². The number of aliphatic imine (C=N–C) groups is 1. The molecular weight excluding hydrogens is 365 g/mol. The maximum Gasteiger partial charge on any atom is 0.420 e. The summed E-state index contributed by atoms with van der Waals surface area (Å²) in [5.41, 5.74) is 0.171. The standard InChI is InChI=1S/C17H21F3N4OS/c1-6-21-9-24(5)13-8-12(17(18,19)20)14(7-11(13)4)25-16-22-15(10(2)3)23-26-16/h7-10H,6H2,1-5H3. The molecule has 0 atom stereocenters. The maximum atomic E-state index is 13.5. The van der Waals surface area contributed by atoms with Crippen molar-refractivity contribution in [2.75, 3.05) is 18.5 Å². The van der Waals surface area contributed by atoms with Crippen molar-refractivity contribution in [3.63, 3.8) is 0 Å². The van der Waals surface area contributed by atoms with Crippen LogP contribution >= 0.6 is 11.5 Å². The monoisotopic (exact) mass is 386 g/mol. The molecule has 5 nitrogen and oxygen atoms in total. The third-order valence-electron chi connectivity index (χ3n) is 3.56. The summed E-state index contributed by atoms with van der Waals surface area (Å²) in [7, 11) is 1.65. The zero-order chi connectivity index (χ0) is 19.5. The Hall–Kier alpha value is -2.16. The van der Waals surface area contributed by atoms with Crippen molar-refractivity contribution < 1.29 is 17.9 Å². The lowest BCUT2D eigenvalue weighted by Gasteiger charge is -2.20. The average molecular weight is 386 g/mol. The first-order chi connectivity index (χ1) is 12.1. The topological polar surface area (TPSA) is 50.6 Å². The Balaban J connectivity index is 2.44. The molecule has 1 heterocycles. The SMILES string of the molecule is CCN=CN(C)c1cc(C(F)(F)F)c(Oc2nc(C(C)C)ns2)cc1C. The van der Waals surface area contributed by atoms with E-state index in [1.54, 1.807) is 18.9 Å². The lowest BCUT2D eigenvalue weighted by Crippen LogP contribution is -2.17. The van der Waals surface area contributed by atoms with Crippen LogP contribution in [0.2, 0.25) is 0 Å². The van der Waals surface area contributed by atoms with Crippen LogP contribution in [0.3, 0.4) is 0 Å². The van der Waals surface area contributed by atoms with Crippen LogP contribution in [0.25, 0.3) is 0 Å². The third kappa shape index (κ3) is 4.72. The lowest BCUT2D eigenvalue weighted by atomic mass is 10.1. The quantitative estimate of drug-likeness (QED) is 0.502. The number of aryl methyl sites for hydroxylation is 1. The van der Waals surface area contributed by atoms with Gasteiger partial charge >= 0.3 is 6.18 Å². The van der Waals surface area contributed by atoms with E-state index in [2.05, 4.69) is 14.3 Å². The van der Waals surface area contributed by atoms with Crippen molar-refractivity contribution in [1.29, 1.82) is 0 Å². The molecule has 0 radical (unpaired) electrons. The highest BCUT2D eigenvalue weighted by Gasteiger charge is 2.36. The number of aromatic nitrogens is 2. The van der Waals surface area contributed by atoms with E-state index in [1.807, 2.05) is 20.8 Å². The predicted molar refractivity (Wildman–Crippen MR) is 97.7 cm³/mol. The van der Waals surface area contributed by atoms with Gasteiger partial charge in [0.1, 0.15) is 17.1 Å². The molecule has 0 fully saturated rings. The Kier molecular flexibility index (Phi) is 6.22. The zero-order valence-electron chi connectivity index (χ0n) is 15.3. The second-order valence-corrected chi connectivity index (χ2v) is 6.75. The number of halogens is 3. The average Bonchev–Trinajstić information content (AvgIpc) is 3.00. The summed E-state index contributed by atoms with van der Waals surface area (Å²) in [5.74, 6) is 0.328. The van der Waals surface area contributed by atoms with E-state index < -0.39 is 11.7 Å². The van der Waals surface area contributed by atoms with Crippen LogP contribution in [0.1, 0.15) is 43.6 Å². The molecule has 9 heteroatoms. The minimum absolute atomic E-state index is 0.0706. The lowest BCUT2D eigenvalue weighted by molar-refractivity contribution is -0.138. The molecule has 2 rings (SSSR count). The van der Waals surface area contributed by atoms with Gasteiger partial charge in [0.25, 0.3) is 5.19 Å². The molecule has 0 spiro atoms. The number of nitrogens with zero attached hydrogens (tertiary/aromatic N) is 4. The van der Waals surface area contributed by atoms with Crippen molar-refractivity contribution in [2.24, 2.45) is 4.99 Å². The van der Waals surface area contributed by atoms with Crippen molar-refractivity contribution in [1.82, 2.24) is 9.36 Å². The molecule has 142 valence electrons. The molecule has 1 aromatic heterocycles. The fraction of sp³-hybridized carbons (Fsp3) is 0.471. The van der Waals surface area contributed by atoms with Crippen molar-refractivity contribution in [3.05, 3.63) is 29.1 Å². The normalized spacial score (nSPS) is 12.2. The van der Waals surface area contributed by atoms with Gasteiger partial charge in [0.05, 0.1) is 6.34 Å². The smallest absolute Gasteiger partial charge is 0.420 e. The van der Waals surface area contributed by atoms with Gasteiger partial charge in [-0.2, -0.15) is 22.5 Å². The van der Waals surface area contributed by atoms with Crippen LogP contribution in [0, 0.1) is 6.92 Å². The predicted octanol–water partition coefficient (Wildman–Crippen LogP) is 5.27. The highest BCUT2D eigenvalue weighted by molar-refractivity contribution is 7.07. The number of rotatable bonds is 6. The summed E-state index contributed by atoms with van der Waals surface area (Å²) in [5, 5.41) is 0.0900. The summed E-state index contributed by atoms with van der Waals surface area (Å²) >= 11 is 0.937. The molecule has 0 saturated heterocycles. The van der Waals surface area contributed by atoms with Crippen LogP contribution in [0.15, 0.2) is 17.1 Å². The Morgan fingerprint density at radius 3 is 2.58 bits per heavy atom. The van der Waals surface area contributed by atoms with E-state index in [-0.39, 0.29) is 16.9 Å². The third-order valence-corrected chi connectivity index (χ3v) is 4.17. The van der Waals surface area contributed by atoms with Crippen molar-refractivity contribution >= 4 is 23.6 Å². The first kappa shape index (κ1) is 20.2. The first-order valence-electron chi connectivity index (χ1n) is 8.09. The van der Waals surface area contributed by atoms with E-state index in [9.17, 15) is 13.2 Å². The summed E-state index contributed by atoms with van der Waals surface area (Å²) in [6, 6.07) is 2.43. The van der Waals surface area contributed by atoms with E-state index in [1.165, 1.54) is 12.4 Å². The highest BCUT2D eigenvalue weighted by atomic mass is 32.1. The molecule has 0 N–H and O–H groups in total. The highest BCUT2D eigenvalue weighted by Crippen LogP contribution is 2.42. The second-order valence-electron chi connectivity index (χ2n) is 6.03. The summed E-state index contributed by atoms with van der Waals surface area (Å²) in [6.07, 6.45) is -3.06.